The lowest BCUT2D eigenvalue weighted by molar-refractivity contribution is 0.333. The molecule has 70 valence electrons. The summed E-state index contributed by atoms with van der Waals surface area (Å²) in [4.78, 5) is 3.11. The third kappa shape index (κ3) is 6.72. The number of rotatable bonds is 6. The Labute approximate surface area is 79.2 Å². The van der Waals surface area contributed by atoms with Crippen molar-refractivity contribution in [1.82, 2.24) is 0 Å². The lowest BCUT2D eigenvalue weighted by atomic mass is 10.6. The summed E-state index contributed by atoms with van der Waals surface area (Å²) in [5, 5.41) is 0. The van der Waals surface area contributed by atoms with Gasteiger partial charge in [0.05, 0.1) is 0 Å². The Morgan fingerprint density at radius 2 is 2.33 bits per heavy atom. The molecule has 0 aromatic heterocycles. The second kappa shape index (κ2) is 6.54. The molecule has 0 heterocycles. The average molecular weight is 207 g/mol. The molecule has 0 radical (unpaired) electrons. The third-order valence-electron chi connectivity index (χ3n) is 1.29. The van der Waals surface area contributed by atoms with Crippen molar-refractivity contribution in [2.45, 2.75) is 6.42 Å². The molecule has 0 aromatic rings. The quantitative estimate of drug-likeness (QED) is 0.313. The summed E-state index contributed by atoms with van der Waals surface area (Å²) in [6.45, 7) is 8.68. The highest BCUT2D eigenvalue weighted by Gasteiger charge is 2.14. The van der Waals surface area contributed by atoms with Crippen molar-refractivity contribution in [3.8, 4) is 0 Å². The van der Waals surface area contributed by atoms with Gasteiger partial charge in [-0.25, -0.2) is 6.57 Å². The van der Waals surface area contributed by atoms with Crippen LogP contribution in [0.3, 0.4) is 0 Å². The van der Waals surface area contributed by atoms with Crippen LogP contribution in [0.15, 0.2) is 0 Å². The molecule has 1 unspecified atom stereocenters. The zero-order chi connectivity index (χ0) is 9.45. The molecule has 0 spiro atoms. The summed E-state index contributed by atoms with van der Waals surface area (Å²) < 4.78 is 16.6. The van der Waals surface area contributed by atoms with Crippen LogP contribution in [-0.4, -0.2) is 31.7 Å². The van der Waals surface area contributed by atoms with E-state index in [4.69, 9.17) is 11.1 Å². The lowest BCUT2D eigenvalue weighted by Crippen LogP contribution is -1.98. The molecule has 0 aromatic carbocycles. The molecule has 0 saturated heterocycles. The Morgan fingerprint density at radius 3 is 2.83 bits per heavy atom. The van der Waals surface area contributed by atoms with Crippen LogP contribution in [-0.2, 0) is 9.09 Å². The van der Waals surface area contributed by atoms with Crippen molar-refractivity contribution in [1.29, 1.82) is 0 Å². The molecule has 0 saturated carbocycles. The van der Waals surface area contributed by atoms with Crippen LogP contribution in [0.4, 0.5) is 0 Å². The van der Waals surface area contributed by atoms with Crippen LogP contribution < -0.4 is 0 Å². The van der Waals surface area contributed by atoms with E-state index >= 15 is 0 Å². The van der Waals surface area contributed by atoms with Crippen LogP contribution in [0.25, 0.3) is 4.85 Å². The number of hydrogen-bond donors (Lipinski definition) is 1. The Bertz CT molecular complexity index is 202. The van der Waals surface area contributed by atoms with Gasteiger partial charge >= 0.3 is 0 Å². The van der Waals surface area contributed by atoms with E-state index in [-0.39, 0.29) is 6.61 Å². The van der Waals surface area contributed by atoms with Gasteiger partial charge in [0.25, 0.3) is 0 Å². The molecular formula is C7H14NO2PS. The molecule has 0 amide bonds. The monoisotopic (exact) mass is 207 g/mol. The molecule has 3 nitrogen and oxygen atoms in total. The van der Waals surface area contributed by atoms with E-state index in [9.17, 15) is 4.57 Å². The van der Waals surface area contributed by atoms with Crippen LogP contribution in [0.2, 0.25) is 0 Å². The smallest absolute Gasteiger partial charge is 0.238 e. The van der Waals surface area contributed by atoms with Crippen molar-refractivity contribution in [2.24, 2.45) is 0 Å². The largest absolute Gasteiger partial charge is 0.321 e. The van der Waals surface area contributed by atoms with Gasteiger partial charge in [-0.3, -0.25) is 4.57 Å². The van der Waals surface area contributed by atoms with Gasteiger partial charge in [-0.1, -0.05) is 0 Å². The molecule has 0 fully saturated rings. The third-order valence-corrected chi connectivity index (χ3v) is 3.46. The van der Waals surface area contributed by atoms with Crippen molar-refractivity contribution in [2.75, 3.05) is 31.7 Å². The first-order chi connectivity index (χ1) is 5.62. The highest BCUT2D eigenvalue weighted by molar-refractivity contribution is 7.80. The summed E-state index contributed by atoms with van der Waals surface area (Å²) in [5.41, 5.74) is 0. The molecule has 0 N–H and O–H groups in total. The fraction of sp³-hybridized carbons (Fsp3) is 0.857. The molecule has 12 heavy (non-hydrogen) atoms. The van der Waals surface area contributed by atoms with E-state index in [2.05, 4.69) is 17.5 Å². The first-order valence-corrected chi connectivity index (χ1v) is 6.66. The molecule has 0 aliphatic heterocycles. The zero-order valence-electron chi connectivity index (χ0n) is 7.19. The summed E-state index contributed by atoms with van der Waals surface area (Å²) >= 11 is 4.02. The van der Waals surface area contributed by atoms with Crippen LogP contribution in [0.5, 0.6) is 0 Å². The Morgan fingerprint density at radius 1 is 1.67 bits per heavy atom. The van der Waals surface area contributed by atoms with Crippen molar-refractivity contribution >= 4 is 20.0 Å². The predicted octanol–water partition coefficient (Wildman–Crippen LogP) is 2.15. The van der Waals surface area contributed by atoms with Crippen molar-refractivity contribution in [3.05, 3.63) is 11.4 Å². The van der Waals surface area contributed by atoms with Gasteiger partial charge in [-0.15, -0.1) is 0 Å². The van der Waals surface area contributed by atoms with E-state index in [1.807, 2.05) is 0 Å². The van der Waals surface area contributed by atoms with E-state index in [1.165, 1.54) is 0 Å². The minimum absolute atomic E-state index is 0.282. The molecule has 1 atom stereocenters. The summed E-state index contributed by atoms with van der Waals surface area (Å²) in [5.74, 6) is 0.726. The van der Waals surface area contributed by atoms with Gasteiger partial charge in [0.15, 0.2) is 7.37 Å². The molecule has 0 bridgehead atoms. The number of nitrogens with zero attached hydrogens (tertiary/aromatic N) is 1. The van der Waals surface area contributed by atoms with Gasteiger partial charge in [0.2, 0.25) is 6.54 Å². The van der Waals surface area contributed by atoms with Crippen molar-refractivity contribution < 1.29 is 9.09 Å². The van der Waals surface area contributed by atoms with E-state index in [0.717, 1.165) is 12.2 Å². The maximum absolute atomic E-state index is 11.5. The van der Waals surface area contributed by atoms with Crippen LogP contribution >= 0.6 is 20.0 Å². The van der Waals surface area contributed by atoms with Crippen LogP contribution in [0.1, 0.15) is 6.42 Å². The van der Waals surface area contributed by atoms with Gasteiger partial charge in [-0.05, 0) is 12.2 Å². The standard InChI is InChI=1S/C7H14NO2PS/c1-8-4-5-10-11(2,9)6-3-7-12/h12H,3-7H2,2H3. The van der Waals surface area contributed by atoms with E-state index in [0.29, 0.717) is 12.7 Å². The minimum Gasteiger partial charge on any atom is -0.321 e. The molecule has 0 aliphatic carbocycles. The van der Waals surface area contributed by atoms with Gasteiger partial charge in [0, 0.05) is 12.8 Å². The molecule has 5 heteroatoms. The molecule has 0 rings (SSSR count). The Hall–Kier alpha value is 0.0300. The average Bonchev–Trinajstić information content (AvgIpc) is 2.01. The maximum Gasteiger partial charge on any atom is 0.238 e. The Balaban J connectivity index is 3.58. The fourth-order valence-corrected chi connectivity index (χ4v) is 2.44. The van der Waals surface area contributed by atoms with E-state index < -0.39 is 7.37 Å². The topological polar surface area (TPSA) is 30.7 Å². The SMILES string of the molecule is [C-]#[N+]CCOP(C)(=O)CCCS. The lowest BCUT2D eigenvalue weighted by Gasteiger charge is -2.10. The van der Waals surface area contributed by atoms with Crippen LogP contribution in [0, 0.1) is 6.57 Å². The van der Waals surface area contributed by atoms with Crippen molar-refractivity contribution in [3.63, 3.8) is 0 Å². The first-order valence-electron chi connectivity index (χ1n) is 3.77. The first kappa shape index (κ1) is 12.0. The van der Waals surface area contributed by atoms with Gasteiger partial charge < -0.3 is 9.37 Å². The number of thiol groups is 1. The summed E-state index contributed by atoms with van der Waals surface area (Å²) in [7, 11) is -2.43. The second-order valence-electron chi connectivity index (χ2n) is 2.53. The predicted molar refractivity (Wildman–Crippen MR) is 54.3 cm³/mol. The molecule has 0 aliphatic rings. The molecular weight excluding hydrogens is 193 g/mol. The Kier molecular flexibility index (Phi) is 6.55. The summed E-state index contributed by atoms with van der Waals surface area (Å²) in [6, 6.07) is 0. The van der Waals surface area contributed by atoms with E-state index in [1.54, 1.807) is 6.66 Å². The van der Waals surface area contributed by atoms with Gasteiger partial charge in [0.1, 0.15) is 6.61 Å². The van der Waals surface area contributed by atoms with Gasteiger partial charge in [-0.2, -0.15) is 12.6 Å². The fourth-order valence-electron chi connectivity index (χ4n) is 0.702. The minimum atomic E-state index is -2.43. The summed E-state index contributed by atoms with van der Waals surface area (Å²) in [6.07, 6.45) is 1.36. The second-order valence-corrected chi connectivity index (χ2v) is 5.71. The highest BCUT2D eigenvalue weighted by atomic mass is 32.1. The number of hydrogen-bond acceptors (Lipinski definition) is 3. The zero-order valence-corrected chi connectivity index (χ0v) is 8.98. The normalized spacial score (nSPS) is 15.1. The maximum atomic E-state index is 11.5. The highest BCUT2D eigenvalue weighted by Crippen LogP contribution is 2.42.